The van der Waals surface area contributed by atoms with E-state index in [1.807, 2.05) is 0 Å². The van der Waals surface area contributed by atoms with E-state index in [1.165, 1.54) is 0 Å². The Labute approximate surface area is 112 Å². The van der Waals surface area contributed by atoms with Crippen LogP contribution in [0.4, 0.5) is 0 Å². The second-order valence-electron chi connectivity index (χ2n) is 2.34. The van der Waals surface area contributed by atoms with Crippen molar-refractivity contribution in [1.82, 2.24) is 0 Å². The summed E-state index contributed by atoms with van der Waals surface area (Å²) in [6.07, 6.45) is 0.500. The number of aliphatic hydroxyl groups is 2. The SMILES string of the molecule is O=P(O)(O)O.O=P(O)(O)O.O=P(O)(O)O.OCCCO. The molecule has 0 atom stereocenters. The number of hydrogen-bond acceptors (Lipinski definition) is 5. The lowest BCUT2D eigenvalue weighted by Gasteiger charge is -1.82. The molecule has 0 rings (SSSR count). The van der Waals surface area contributed by atoms with Gasteiger partial charge in [0.05, 0.1) is 0 Å². The van der Waals surface area contributed by atoms with Crippen molar-refractivity contribution in [2.24, 2.45) is 0 Å². The minimum absolute atomic E-state index is 0.0938. The standard InChI is InChI=1S/C3H8O2.3H3O4P/c4-2-1-3-5;3*1-5(2,3)4/h4-5H,1-3H2;3*(H3,1,2,3,4). The number of phosphoric acid groups is 3. The van der Waals surface area contributed by atoms with Crippen molar-refractivity contribution in [2.75, 3.05) is 13.2 Å². The predicted octanol–water partition coefficient (Wildman–Crippen LogP) is -3.42. The third kappa shape index (κ3) is 1070. The van der Waals surface area contributed by atoms with Crippen LogP contribution in [0.3, 0.4) is 0 Å². The zero-order chi connectivity index (χ0) is 17.6. The maximum Gasteiger partial charge on any atom is 0.466 e. The lowest BCUT2D eigenvalue weighted by molar-refractivity contribution is 0.221. The van der Waals surface area contributed by atoms with Crippen LogP contribution in [-0.2, 0) is 13.7 Å². The number of rotatable bonds is 2. The van der Waals surface area contributed by atoms with Crippen molar-refractivity contribution in [2.45, 2.75) is 6.42 Å². The van der Waals surface area contributed by atoms with Gasteiger partial charge >= 0.3 is 23.5 Å². The quantitative estimate of drug-likeness (QED) is 0.211. The Morgan fingerprint density at radius 2 is 0.600 bits per heavy atom. The summed E-state index contributed by atoms with van der Waals surface area (Å²) in [7, 11) is -13.9. The summed E-state index contributed by atoms with van der Waals surface area (Å²) in [6, 6.07) is 0. The van der Waals surface area contributed by atoms with Crippen molar-refractivity contribution < 1.29 is 67.9 Å². The second-order valence-corrected chi connectivity index (χ2v) is 5.42. The average Bonchev–Trinajstić information content (AvgIpc) is 1.94. The van der Waals surface area contributed by atoms with Crippen LogP contribution in [-0.4, -0.2) is 67.5 Å². The van der Waals surface area contributed by atoms with Gasteiger partial charge in [-0.3, -0.25) is 0 Å². The smallest absolute Gasteiger partial charge is 0.396 e. The van der Waals surface area contributed by atoms with Crippen molar-refractivity contribution in [3.8, 4) is 0 Å². The monoisotopic (exact) mass is 370 g/mol. The van der Waals surface area contributed by atoms with Crippen LogP contribution in [0.25, 0.3) is 0 Å². The van der Waals surface area contributed by atoms with Gasteiger partial charge in [0.2, 0.25) is 0 Å². The van der Waals surface area contributed by atoms with Crippen LogP contribution < -0.4 is 0 Å². The van der Waals surface area contributed by atoms with E-state index in [1.54, 1.807) is 0 Å². The minimum Gasteiger partial charge on any atom is -0.396 e. The van der Waals surface area contributed by atoms with Gasteiger partial charge in [-0.1, -0.05) is 0 Å². The van der Waals surface area contributed by atoms with Crippen LogP contribution in [0.5, 0.6) is 0 Å². The summed E-state index contributed by atoms with van der Waals surface area (Å²) >= 11 is 0. The van der Waals surface area contributed by atoms with Crippen molar-refractivity contribution in [3.63, 3.8) is 0 Å². The summed E-state index contributed by atoms with van der Waals surface area (Å²) in [5.41, 5.74) is 0. The van der Waals surface area contributed by atoms with Crippen molar-refractivity contribution in [3.05, 3.63) is 0 Å². The van der Waals surface area contributed by atoms with E-state index in [2.05, 4.69) is 0 Å². The molecule has 11 N–H and O–H groups in total. The molecule has 0 unspecified atom stereocenters. The highest BCUT2D eigenvalue weighted by molar-refractivity contribution is 7.45. The molecule has 0 aromatic carbocycles. The van der Waals surface area contributed by atoms with E-state index in [0.717, 1.165) is 0 Å². The fraction of sp³-hybridized carbons (Fsp3) is 1.00. The Balaban J connectivity index is -0.0000000853. The highest BCUT2D eigenvalue weighted by atomic mass is 31.2. The first-order valence-corrected chi connectivity index (χ1v) is 8.68. The Bertz CT molecular complexity index is 246. The van der Waals surface area contributed by atoms with Crippen molar-refractivity contribution >= 4 is 23.5 Å². The molecule has 0 saturated heterocycles. The van der Waals surface area contributed by atoms with E-state index in [0.29, 0.717) is 6.42 Å². The Kier molecular flexibility index (Phi) is 20.2. The third-order valence-electron chi connectivity index (χ3n) is 0.316. The number of aliphatic hydroxyl groups excluding tert-OH is 2. The molecule has 20 heavy (non-hydrogen) atoms. The summed E-state index contributed by atoms with van der Waals surface area (Å²) < 4.78 is 26.6. The summed E-state index contributed by atoms with van der Waals surface area (Å²) in [6.45, 7) is 0.188. The fourth-order valence-corrected chi connectivity index (χ4v) is 0.0707. The molecule has 128 valence electrons. The molecule has 0 fully saturated rings. The minimum atomic E-state index is -4.64. The molecule has 0 saturated carbocycles. The van der Waals surface area contributed by atoms with Crippen molar-refractivity contribution in [1.29, 1.82) is 0 Å². The van der Waals surface area contributed by atoms with Gasteiger partial charge in [0.1, 0.15) is 0 Å². The van der Waals surface area contributed by atoms with Crippen LogP contribution >= 0.6 is 23.5 Å². The van der Waals surface area contributed by atoms with E-state index in [9.17, 15) is 0 Å². The molecule has 0 aromatic rings. The molecule has 0 aromatic heterocycles. The lowest BCUT2D eigenvalue weighted by atomic mass is 10.5. The van der Waals surface area contributed by atoms with Gasteiger partial charge in [-0.05, 0) is 6.42 Å². The van der Waals surface area contributed by atoms with Gasteiger partial charge in [0, 0.05) is 13.2 Å². The highest BCUT2D eigenvalue weighted by Crippen LogP contribution is 2.26. The molecule has 0 aliphatic carbocycles. The maximum absolute atomic E-state index is 8.88. The summed E-state index contributed by atoms with van der Waals surface area (Å²) in [5.74, 6) is 0. The third-order valence-corrected chi connectivity index (χ3v) is 0.316. The topological polar surface area (TPSA) is 274 Å². The summed E-state index contributed by atoms with van der Waals surface area (Å²) in [5, 5.41) is 15.8. The molecular weight excluding hydrogens is 353 g/mol. The lowest BCUT2D eigenvalue weighted by Crippen LogP contribution is -1.85. The first-order valence-electron chi connectivity index (χ1n) is 3.98. The first-order chi connectivity index (χ1) is 8.41. The van der Waals surface area contributed by atoms with Gasteiger partial charge < -0.3 is 54.3 Å². The van der Waals surface area contributed by atoms with Gasteiger partial charge in [-0.25, -0.2) is 13.7 Å². The summed E-state index contributed by atoms with van der Waals surface area (Å²) in [4.78, 5) is 64.7. The van der Waals surface area contributed by atoms with Crippen LogP contribution in [0.15, 0.2) is 0 Å². The maximum atomic E-state index is 8.88. The Hall–Kier alpha value is 0.250. The molecule has 14 nitrogen and oxygen atoms in total. The van der Waals surface area contributed by atoms with E-state index in [4.69, 9.17) is 67.9 Å². The second kappa shape index (κ2) is 14.2. The van der Waals surface area contributed by atoms with E-state index >= 15 is 0 Å². The molecule has 0 spiro atoms. The van der Waals surface area contributed by atoms with E-state index in [-0.39, 0.29) is 13.2 Å². The normalized spacial score (nSPS) is 10.9. The predicted molar refractivity (Wildman–Crippen MR) is 61.6 cm³/mol. The van der Waals surface area contributed by atoms with Gasteiger partial charge in [-0.15, -0.1) is 0 Å². The average molecular weight is 370 g/mol. The van der Waals surface area contributed by atoms with Gasteiger partial charge in [-0.2, -0.15) is 0 Å². The highest BCUT2D eigenvalue weighted by Gasteiger charge is 2.01. The van der Waals surface area contributed by atoms with Gasteiger partial charge in [0.15, 0.2) is 0 Å². The number of hydrogen-bond donors (Lipinski definition) is 11. The Morgan fingerprint density at radius 1 is 0.500 bits per heavy atom. The molecule has 0 heterocycles. The van der Waals surface area contributed by atoms with Crippen LogP contribution in [0.1, 0.15) is 6.42 Å². The fourth-order valence-electron chi connectivity index (χ4n) is 0.0707. The molecule has 0 bridgehead atoms. The first kappa shape index (κ1) is 28.4. The molecule has 0 radical (unpaired) electrons. The molecule has 0 aliphatic rings. The van der Waals surface area contributed by atoms with Crippen LogP contribution in [0.2, 0.25) is 0 Å². The van der Waals surface area contributed by atoms with E-state index < -0.39 is 23.5 Å². The molecule has 0 amide bonds. The Morgan fingerprint density at radius 3 is 0.600 bits per heavy atom. The zero-order valence-corrected chi connectivity index (χ0v) is 12.3. The van der Waals surface area contributed by atoms with Crippen LogP contribution in [0, 0.1) is 0 Å². The zero-order valence-electron chi connectivity index (χ0n) is 9.61. The largest absolute Gasteiger partial charge is 0.466 e. The van der Waals surface area contributed by atoms with Gasteiger partial charge in [0.25, 0.3) is 0 Å². The molecule has 17 heteroatoms. The molecule has 0 aliphatic heterocycles. The molecular formula is C3H17O14P3.